The first kappa shape index (κ1) is 8.80. The molecule has 0 saturated carbocycles. The average molecular weight is 280 g/mol. The molecule has 0 unspecified atom stereocenters. The number of hydrogen-bond donors (Lipinski definition) is 1. The predicted octanol–water partition coefficient (Wildman–Crippen LogP) is 2.59. The molecule has 0 spiro atoms. The highest BCUT2D eigenvalue weighted by atomic mass is 127. The van der Waals surface area contributed by atoms with Crippen molar-refractivity contribution in [3.63, 3.8) is 0 Å². The molecule has 1 aromatic heterocycles. The molecule has 58 valence electrons. The van der Waals surface area contributed by atoms with Gasteiger partial charge in [0.05, 0.1) is 11.0 Å². The molecule has 11 heavy (non-hydrogen) atoms. The summed E-state index contributed by atoms with van der Waals surface area (Å²) in [7, 11) is 0. The van der Waals surface area contributed by atoms with Crippen LogP contribution in [0.4, 0.5) is 0 Å². The number of benzene rings is 1. The van der Waals surface area contributed by atoms with E-state index < -0.39 is 0 Å². The van der Waals surface area contributed by atoms with Gasteiger partial charge in [-0.2, -0.15) is 0 Å². The van der Waals surface area contributed by atoms with E-state index in [0.717, 1.165) is 14.9 Å². The molecule has 0 aliphatic carbocycles. The van der Waals surface area contributed by atoms with Gasteiger partial charge in [-0.3, -0.25) is 0 Å². The molecule has 2 rings (SSSR count). The average Bonchev–Trinajstić information content (AvgIpc) is 2.27. The van der Waals surface area contributed by atoms with Crippen molar-refractivity contribution < 1.29 is 0 Å². The van der Waals surface area contributed by atoms with Crippen LogP contribution >= 0.6 is 35.0 Å². The van der Waals surface area contributed by atoms with Crippen LogP contribution in [0.3, 0.4) is 0 Å². The molecule has 4 heteroatoms. The summed E-state index contributed by atoms with van der Waals surface area (Å²) in [4.78, 5) is 7.38. The van der Waals surface area contributed by atoms with Gasteiger partial charge in [-0.15, -0.1) is 12.4 Å². The zero-order chi connectivity index (χ0) is 6.97. The van der Waals surface area contributed by atoms with Crippen molar-refractivity contribution in [2.45, 2.75) is 0 Å². The van der Waals surface area contributed by atoms with E-state index in [4.69, 9.17) is 0 Å². The maximum Gasteiger partial charge on any atom is 0.169 e. The van der Waals surface area contributed by atoms with Crippen LogP contribution in [0.5, 0.6) is 0 Å². The fourth-order valence-electron chi connectivity index (χ4n) is 0.922. The number of H-pyrrole nitrogens is 1. The van der Waals surface area contributed by atoms with Gasteiger partial charge < -0.3 is 4.98 Å². The van der Waals surface area contributed by atoms with Gasteiger partial charge in [-0.05, 0) is 34.7 Å². The van der Waals surface area contributed by atoms with Crippen LogP contribution in [0, 0.1) is 3.83 Å². The molecule has 0 radical (unpaired) electrons. The van der Waals surface area contributed by atoms with Crippen molar-refractivity contribution in [1.82, 2.24) is 9.97 Å². The van der Waals surface area contributed by atoms with Crippen LogP contribution in [-0.4, -0.2) is 9.97 Å². The lowest BCUT2D eigenvalue weighted by molar-refractivity contribution is 1.26. The Hall–Kier alpha value is -0.290. The lowest BCUT2D eigenvalue weighted by Gasteiger charge is -1.81. The quantitative estimate of drug-likeness (QED) is 0.738. The van der Waals surface area contributed by atoms with Crippen LogP contribution in [0.15, 0.2) is 24.3 Å². The minimum Gasteiger partial charge on any atom is -0.333 e. The molecule has 1 N–H and O–H groups in total. The van der Waals surface area contributed by atoms with Gasteiger partial charge in [0.2, 0.25) is 0 Å². The zero-order valence-electron chi connectivity index (χ0n) is 5.54. The van der Waals surface area contributed by atoms with Gasteiger partial charge in [0, 0.05) is 0 Å². The Morgan fingerprint density at radius 3 is 2.73 bits per heavy atom. The number of imidazole rings is 1. The molecule has 0 saturated heterocycles. The fraction of sp³-hybridized carbons (Fsp3) is 0. The molecular weight excluding hydrogens is 274 g/mol. The maximum atomic E-state index is 4.24. The van der Waals surface area contributed by atoms with Gasteiger partial charge >= 0.3 is 0 Å². The molecule has 0 aliphatic rings. The van der Waals surface area contributed by atoms with Gasteiger partial charge in [-0.1, -0.05) is 12.1 Å². The first-order valence-corrected chi connectivity index (χ1v) is 4.04. The summed E-state index contributed by atoms with van der Waals surface area (Å²) >= 11 is 2.17. The number of nitrogens with zero attached hydrogens (tertiary/aromatic N) is 1. The smallest absolute Gasteiger partial charge is 0.169 e. The van der Waals surface area contributed by atoms with E-state index in [-0.39, 0.29) is 12.4 Å². The lowest BCUT2D eigenvalue weighted by Crippen LogP contribution is -1.66. The van der Waals surface area contributed by atoms with E-state index in [2.05, 4.69) is 32.6 Å². The highest BCUT2D eigenvalue weighted by Gasteiger charge is 1.95. The van der Waals surface area contributed by atoms with Crippen LogP contribution in [0.25, 0.3) is 11.0 Å². The molecule has 0 amide bonds. The number of halogens is 2. The molecule has 1 heterocycles. The van der Waals surface area contributed by atoms with Gasteiger partial charge in [0.15, 0.2) is 3.83 Å². The normalized spacial score (nSPS) is 9.55. The second kappa shape index (κ2) is 3.40. The van der Waals surface area contributed by atoms with Crippen LogP contribution in [0.2, 0.25) is 0 Å². The lowest BCUT2D eigenvalue weighted by atomic mass is 10.3. The monoisotopic (exact) mass is 280 g/mol. The maximum absolute atomic E-state index is 4.24. The largest absolute Gasteiger partial charge is 0.333 e. The minimum atomic E-state index is 0. The van der Waals surface area contributed by atoms with E-state index in [1.165, 1.54) is 0 Å². The summed E-state index contributed by atoms with van der Waals surface area (Å²) in [5, 5.41) is 0. The number of aromatic nitrogens is 2. The number of rotatable bonds is 0. The molecule has 0 aliphatic heterocycles. The SMILES string of the molecule is Cl.Ic1nc2ccccc2[nH]1. The number of hydrogen-bond acceptors (Lipinski definition) is 1. The van der Waals surface area contributed by atoms with Crippen LogP contribution in [0.1, 0.15) is 0 Å². The predicted molar refractivity (Wildman–Crippen MR) is 56.1 cm³/mol. The number of nitrogens with one attached hydrogen (secondary N) is 1. The molecule has 0 fully saturated rings. The minimum absolute atomic E-state index is 0. The van der Waals surface area contributed by atoms with Crippen molar-refractivity contribution in [3.8, 4) is 0 Å². The summed E-state index contributed by atoms with van der Waals surface area (Å²) in [6.45, 7) is 0. The van der Waals surface area contributed by atoms with Crippen molar-refractivity contribution in [2.75, 3.05) is 0 Å². The summed E-state index contributed by atoms with van der Waals surface area (Å²) in [6.07, 6.45) is 0. The Kier molecular flexibility index (Phi) is 2.72. The molecule has 2 aromatic rings. The van der Waals surface area contributed by atoms with Crippen LogP contribution in [-0.2, 0) is 0 Å². The second-order valence-electron chi connectivity index (χ2n) is 2.04. The third-order valence-electron chi connectivity index (χ3n) is 1.36. The van der Waals surface area contributed by atoms with Crippen molar-refractivity contribution in [1.29, 1.82) is 0 Å². The highest BCUT2D eigenvalue weighted by molar-refractivity contribution is 14.1. The topological polar surface area (TPSA) is 28.7 Å². The van der Waals surface area contributed by atoms with E-state index in [0.29, 0.717) is 0 Å². The Morgan fingerprint density at radius 2 is 2.00 bits per heavy atom. The van der Waals surface area contributed by atoms with Gasteiger partial charge in [0.25, 0.3) is 0 Å². The van der Waals surface area contributed by atoms with Crippen molar-refractivity contribution in [2.24, 2.45) is 0 Å². The molecule has 2 nitrogen and oxygen atoms in total. The molecule has 1 aromatic carbocycles. The summed E-state index contributed by atoms with van der Waals surface area (Å²) in [5.74, 6) is 0. The molecule has 0 atom stereocenters. The van der Waals surface area contributed by atoms with E-state index in [1.54, 1.807) is 0 Å². The van der Waals surface area contributed by atoms with E-state index >= 15 is 0 Å². The fourth-order valence-corrected chi connectivity index (χ4v) is 1.47. The Balaban J connectivity index is 0.000000605. The summed E-state index contributed by atoms with van der Waals surface area (Å²) in [5.41, 5.74) is 2.14. The van der Waals surface area contributed by atoms with Crippen LogP contribution < -0.4 is 0 Å². The first-order valence-electron chi connectivity index (χ1n) is 2.96. The van der Waals surface area contributed by atoms with E-state index in [9.17, 15) is 0 Å². The zero-order valence-corrected chi connectivity index (χ0v) is 8.52. The Labute approximate surface area is 84.0 Å². The first-order chi connectivity index (χ1) is 4.86. The Bertz CT molecular complexity index is 325. The number of fused-ring (bicyclic) bond motifs is 1. The van der Waals surface area contributed by atoms with Crippen molar-refractivity contribution in [3.05, 3.63) is 28.1 Å². The highest BCUT2D eigenvalue weighted by Crippen LogP contribution is 2.10. The standard InChI is InChI=1S/C7H5IN2.ClH/c8-7-9-5-3-1-2-4-6(5)10-7;/h1-4H,(H,9,10);1H. The van der Waals surface area contributed by atoms with Gasteiger partial charge in [0.1, 0.15) is 0 Å². The third-order valence-corrected chi connectivity index (χ3v) is 1.87. The summed E-state index contributed by atoms with van der Waals surface area (Å²) in [6, 6.07) is 7.99. The third kappa shape index (κ3) is 1.65. The second-order valence-corrected chi connectivity index (χ2v) is 3.07. The number of para-hydroxylation sites is 2. The van der Waals surface area contributed by atoms with Gasteiger partial charge in [-0.25, -0.2) is 4.98 Å². The number of aromatic amines is 1. The molecular formula is C7H6ClIN2. The molecule has 0 bridgehead atoms. The van der Waals surface area contributed by atoms with Crippen molar-refractivity contribution >= 4 is 46.0 Å². The Morgan fingerprint density at radius 1 is 1.27 bits per heavy atom. The summed E-state index contributed by atoms with van der Waals surface area (Å²) < 4.78 is 0.943. The van der Waals surface area contributed by atoms with E-state index in [1.807, 2.05) is 24.3 Å².